The first kappa shape index (κ1) is 22.4. The Bertz CT molecular complexity index is 716. The van der Waals surface area contributed by atoms with E-state index in [0.29, 0.717) is 22.7 Å². The van der Waals surface area contributed by atoms with Gasteiger partial charge in [0.05, 0.1) is 6.10 Å². The zero-order valence-corrected chi connectivity index (χ0v) is 20.3. The van der Waals surface area contributed by atoms with Crippen molar-refractivity contribution in [3.8, 4) is 0 Å². The van der Waals surface area contributed by atoms with Gasteiger partial charge in [-0.3, -0.25) is 0 Å². The van der Waals surface area contributed by atoms with Gasteiger partial charge in [0.25, 0.3) is 0 Å². The first-order chi connectivity index (χ1) is 14.2. The van der Waals surface area contributed by atoms with Gasteiger partial charge >= 0.3 is 0 Å². The first-order valence-corrected chi connectivity index (χ1v) is 12.9. The fraction of sp³-hybridized carbons (Fsp3) is 0.793. The summed E-state index contributed by atoms with van der Waals surface area (Å²) in [5.74, 6) is 4.64. The van der Waals surface area contributed by atoms with Crippen molar-refractivity contribution < 1.29 is 5.11 Å². The lowest BCUT2D eigenvalue weighted by molar-refractivity contribution is -0.0540. The van der Waals surface area contributed by atoms with Crippen molar-refractivity contribution in [2.24, 2.45) is 46.3 Å². The Labute approximate surface area is 186 Å². The summed E-state index contributed by atoms with van der Waals surface area (Å²) in [4.78, 5) is 0. The van der Waals surface area contributed by atoms with Crippen LogP contribution in [0, 0.1) is 46.3 Å². The normalized spacial score (nSPS) is 45.3. The molecular weight excluding hydrogens is 364 g/mol. The molecule has 1 nitrogen and oxygen atoms in total. The summed E-state index contributed by atoms with van der Waals surface area (Å²) < 4.78 is 0. The topological polar surface area (TPSA) is 20.2 Å². The van der Waals surface area contributed by atoms with Crippen LogP contribution in [0.15, 0.2) is 36.0 Å². The highest BCUT2D eigenvalue weighted by molar-refractivity contribution is 5.25. The average molecular weight is 411 g/mol. The van der Waals surface area contributed by atoms with E-state index < -0.39 is 0 Å². The predicted molar refractivity (Wildman–Crippen MR) is 128 cm³/mol. The van der Waals surface area contributed by atoms with Gasteiger partial charge in [0.15, 0.2) is 0 Å². The number of hydrogen-bond donors (Lipinski definition) is 1. The molecule has 1 N–H and O–H groups in total. The van der Waals surface area contributed by atoms with E-state index in [1.54, 1.807) is 5.57 Å². The van der Waals surface area contributed by atoms with Gasteiger partial charge in [0, 0.05) is 0 Å². The highest BCUT2D eigenvalue weighted by atomic mass is 16.3. The van der Waals surface area contributed by atoms with Crippen LogP contribution in [-0.2, 0) is 0 Å². The fourth-order valence-electron chi connectivity index (χ4n) is 8.64. The van der Waals surface area contributed by atoms with Gasteiger partial charge in [0.2, 0.25) is 0 Å². The highest BCUT2D eigenvalue weighted by Crippen LogP contribution is 2.67. The Balaban J connectivity index is 1.53. The number of aliphatic hydroxyl groups is 1. The molecule has 9 atom stereocenters. The minimum atomic E-state index is -0.0932. The van der Waals surface area contributed by atoms with Crippen molar-refractivity contribution in [2.45, 2.75) is 98.5 Å². The Kier molecular flexibility index (Phi) is 6.17. The lowest BCUT2D eigenvalue weighted by Gasteiger charge is -2.58. The second-order valence-corrected chi connectivity index (χ2v) is 12.0. The average Bonchev–Trinajstić information content (AvgIpc) is 3.06. The lowest BCUT2D eigenvalue weighted by atomic mass is 9.47. The Morgan fingerprint density at radius 2 is 1.93 bits per heavy atom. The maximum atomic E-state index is 10.2. The lowest BCUT2D eigenvalue weighted by Crippen LogP contribution is -2.50. The molecule has 0 heterocycles. The van der Waals surface area contributed by atoms with E-state index in [1.165, 1.54) is 44.1 Å². The van der Waals surface area contributed by atoms with Crippen LogP contribution in [0.2, 0.25) is 0 Å². The molecule has 0 amide bonds. The summed E-state index contributed by atoms with van der Waals surface area (Å²) in [6.07, 6.45) is 18.7. The van der Waals surface area contributed by atoms with E-state index in [1.807, 2.05) is 0 Å². The van der Waals surface area contributed by atoms with E-state index in [9.17, 15) is 5.11 Å². The molecule has 4 aliphatic rings. The van der Waals surface area contributed by atoms with Crippen molar-refractivity contribution >= 4 is 0 Å². The smallest absolute Gasteiger partial charge is 0.0577 e. The summed E-state index contributed by atoms with van der Waals surface area (Å²) in [7, 11) is 0. The predicted octanol–water partition coefficient (Wildman–Crippen LogP) is 7.72. The third-order valence-electron chi connectivity index (χ3n) is 10.5. The molecule has 0 aliphatic heterocycles. The number of fused-ring (bicyclic) bond motifs is 5. The molecule has 0 bridgehead atoms. The molecule has 0 aromatic carbocycles. The third kappa shape index (κ3) is 3.58. The van der Waals surface area contributed by atoms with Gasteiger partial charge in [-0.15, -0.1) is 0 Å². The molecule has 3 fully saturated rings. The number of rotatable bonds is 5. The zero-order chi connectivity index (χ0) is 21.7. The second-order valence-electron chi connectivity index (χ2n) is 12.0. The monoisotopic (exact) mass is 410 g/mol. The van der Waals surface area contributed by atoms with Crippen LogP contribution < -0.4 is 0 Å². The van der Waals surface area contributed by atoms with Gasteiger partial charge in [-0.25, -0.2) is 0 Å². The summed E-state index contributed by atoms with van der Waals surface area (Å²) in [5.41, 5.74) is 3.77. The molecule has 0 aromatic heterocycles. The number of aliphatic hydroxyl groups excluding tert-OH is 1. The van der Waals surface area contributed by atoms with E-state index >= 15 is 0 Å². The summed E-state index contributed by atoms with van der Waals surface area (Å²) in [6.45, 7) is 16.3. The van der Waals surface area contributed by atoms with Crippen LogP contribution in [0.3, 0.4) is 0 Å². The number of hydrogen-bond acceptors (Lipinski definition) is 1. The van der Waals surface area contributed by atoms with Gasteiger partial charge in [-0.2, -0.15) is 0 Å². The van der Waals surface area contributed by atoms with Crippen LogP contribution in [0.25, 0.3) is 0 Å². The molecule has 3 saturated carbocycles. The Hall–Kier alpha value is -0.820. The molecule has 1 heteroatoms. The van der Waals surface area contributed by atoms with Crippen LogP contribution in [0.5, 0.6) is 0 Å². The molecule has 4 aliphatic carbocycles. The van der Waals surface area contributed by atoms with Gasteiger partial charge < -0.3 is 5.11 Å². The molecular formula is C29H46O. The van der Waals surface area contributed by atoms with E-state index in [2.05, 4.69) is 59.4 Å². The fourth-order valence-corrected chi connectivity index (χ4v) is 8.64. The van der Waals surface area contributed by atoms with E-state index in [-0.39, 0.29) is 6.10 Å². The second kappa shape index (κ2) is 8.27. The summed E-state index contributed by atoms with van der Waals surface area (Å²) >= 11 is 0. The van der Waals surface area contributed by atoms with Crippen molar-refractivity contribution in [2.75, 3.05) is 0 Å². The Morgan fingerprint density at radius 1 is 1.17 bits per heavy atom. The van der Waals surface area contributed by atoms with E-state index in [4.69, 9.17) is 0 Å². The van der Waals surface area contributed by atoms with Crippen molar-refractivity contribution in [3.05, 3.63) is 36.0 Å². The van der Waals surface area contributed by atoms with Crippen LogP contribution >= 0.6 is 0 Å². The molecule has 30 heavy (non-hydrogen) atoms. The number of allylic oxidation sites excluding steroid dienone is 4. The maximum Gasteiger partial charge on any atom is 0.0577 e. The van der Waals surface area contributed by atoms with E-state index in [0.717, 1.165) is 42.9 Å². The van der Waals surface area contributed by atoms with Crippen molar-refractivity contribution in [3.63, 3.8) is 0 Å². The summed E-state index contributed by atoms with van der Waals surface area (Å²) in [5, 5.41) is 10.2. The standard InChI is InChI=1S/C29H46O/c1-7-21(19(2)3)9-8-20(4)25-12-13-26-24-11-10-22-18-23(30)14-16-28(22,5)27(24)15-17-29(25,26)6/h8-10,20-21,23-27,30H,2,7,11-18H2,1,3-6H3. The highest BCUT2D eigenvalue weighted by Gasteiger charge is 2.58. The molecule has 4 rings (SSSR count). The van der Waals surface area contributed by atoms with Gasteiger partial charge in [0.1, 0.15) is 0 Å². The zero-order valence-electron chi connectivity index (χ0n) is 20.3. The minimum Gasteiger partial charge on any atom is -0.393 e. The van der Waals surface area contributed by atoms with Gasteiger partial charge in [-0.05, 0) is 111 Å². The van der Waals surface area contributed by atoms with Crippen LogP contribution in [-0.4, -0.2) is 11.2 Å². The first-order valence-electron chi connectivity index (χ1n) is 12.9. The Morgan fingerprint density at radius 3 is 2.63 bits per heavy atom. The third-order valence-corrected chi connectivity index (χ3v) is 10.5. The quantitative estimate of drug-likeness (QED) is 0.460. The van der Waals surface area contributed by atoms with Crippen molar-refractivity contribution in [1.29, 1.82) is 0 Å². The van der Waals surface area contributed by atoms with Gasteiger partial charge in [-0.1, -0.05) is 63.6 Å². The van der Waals surface area contributed by atoms with Crippen LogP contribution in [0.1, 0.15) is 92.4 Å². The van der Waals surface area contributed by atoms with Crippen molar-refractivity contribution in [1.82, 2.24) is 0 Å². The SMILES string of the molecule is C=C(C)C(C=CC(C)C1CCC2C3CC=C4CC(O)CCC4(C)C3CCC12C)CC. The molecule has 9 unspecified atom stereocenters. The summed E-state index contributed by atoms with van der Waals surface area (Å²) in [6, 6.07) is 0. The molecule has 0 radical (unpaired) electrons. The molecule has 0 spiro atoms. The molecule has 0 aromatic rings. The minimum absolute atomic E-state index is 0.0932. The van der Waals surface area contributed by atoms with Crippen LogP contribution in [0.4, 0.5) is 0 Å². The molecule has 168 valence electrons. The maximum absolute atomic E-state index is 10.2. The largest absolute Gasteiger partial charge is 0.393 e. The molecule has 0 saturated heterocycles.